The van der Waals surface area contributed by atoms with E-state index in [1.165, 1.54) is 54.1 Å². The molecule has 0 aliphatic heterocycles. The second-order valence-corrected chi connectivity index (χ2v) is 9.53. The zero-order valence-electron chi connectivity index (χ0n) is 14.6. The van der Waals surface area contributed by atoms with Gasteiger partial charge in [-0.3, -0.25) is 0 Å². The smallest absolute Gasteiger partial charge is 0.123 e. The maximum atomic E-state index is 6.35. The van der Waals surface area contributed by atoms with E-state index in [9.17, 15) is 0 Å². The summed E-state index contributed by atoms with van der Waals surface area (Å²) < 4.78 is 7.53. The molecule has 0 spiro atoms. The van der Waals surface area contributed by atoms with Crippen molar-refractivity contribution in [3.8, 4) is 5.75 Å². The average Bonchev–Trinajstić information content (AvgIpc) is 2.60. The summed E-state index contributed by atoms with van der Waals surface area (Å²) in [6.45, 7) is 0.655. The highest BCUT2D eigenvalue weighted by Crippen LogP contribution is 2.62. The first-order chi connectivity index (χ1) is 12.2. The highest BCUT2D eigenvalue weighted by molar-refractivity contribution is 9.10. The van der Waals surface area contributed by atoms with Gasteiger partial charge < -0.3 is 4.74 Å². The normalized spacial score (nSPS) is 32.8. The fraction of sp³-hybridized carbons (Fsp3) is 0.478. The summed E-state index contributed by atoms with van der Waals surface area (Å²) in [7, 11) is 0. The molecule has 0 N–H and O–H groups in total. The average molecular weight is 397 g/mol. The number of hydrogen-bond acceptors (Lipinski definition) is 1. The van der Waals surface area contributed by atoms with Crippen LogP contribution in [0.3, 0.4) is 0 Å². The van der Waals surface area contributed by atoms with E-state index in [1.807, 2.05) is 0 Å². The molecule has 2 heteroatoms. The number of halogens is 1. The van der Waals surface area contributed by atoms with Crippen LogP contribution in [0.2, 0.25) is 0 Å². The van der Waals surface area contributed by atoms with Gasteiger partial charge in [0.05, 0.1) is 0 Å². The van der Waals surface area contributed by atoms with Gasteiger partial charge in [0, 0.05) is 10.0 Å². The Morgan fingerprint density at radius 2 is 1.52 bits per heavy atom. The first kappa shape index (κ1) is 15.9. The molecule has 0 unspecified atom stereocenters. The lowest BCUT2D eigenvalue weighted by atomic mass is 9.48. The van der Waals surface area contributed by atoms with Gasteiger partial charge in [-0.1, -0.05) is 46.3 Å². The van der Waals surface area contributed by atoms with Crippen molar-refractivity contribution in [2.45, 2.75) is 50.5 Å². The second kappa shape index (κ2) is 6.16. The van der Waals surface area contributed by atoms with Gasteiger partial charge in [-0.2, -0.15) is 0 Å². The lowest BCUT2D eigenvalue weighted by Crippen LogP contribution is -2.48. The van der Waals surface area contributed by atoms with Gasteiger partial charge in [-0.05, 0) is 85.5 Å². The molecule has 0 radical (unpaired) electrons. The van der Waals surface area contributed by atoms with Crippen molar-refractivity contribution in [1.82, 2.24) is 0 Å². The maximum absolute atomic E-state index is 6.35. The van der Waals surface area contributed by atoms with E-state index in [2.05, 4.69) is 64.5 Å². The molecule has 0 heterocycles. The summed E-state index contributed by atoms with van der Waals surface area (Å²) in [5.74, 6) is 3.96. The van der Waals surface area contributed by atoms with Crippen LogP contribution in [0.4, 0.5) is 0 Å². The van der Waals surface area contributed by atoms with E-state index >= 15 is 0 Å². The number of hydrogen-bond donors (Lipinski definition) is 0. The standard InChI is InChI=1S/C23H25BrO/c24-20-6-7-22(25-15-16-4-2-1-3-5-16)21(11-20)23-12-17-8-18(13-23)10-19(9-17)14-23/h1-7,11,17-19H,8-10,12-15H2. The summed E-state index contributed by atoms with van der Waals surface area (Å²) in [5, 5.41) is 0. The largest absolute Gasteiger partial charge is 0.489 e. The fourth-order valence-electron chi connectivity index (χ4n) is 6.22. The van der Waals surface area contributed by atoms with Crippen LogP contribution in [-0.4, -0.2) is 0 Å². The quantitative estimate of drug-likeness (QED) is 0.573. The van der Waals surface area contributed by atoms with Crippen LogP contribution in [0, 0.1) is 17.8 Å². The van der Waals surface area contributed by atoms with Crippen molar-refractivity contribution in [1.29, 1.82) is 0 Å². The van der Waals surface area contributed by atoms with Crippen LogP contribution in [-0.2, 0) is 12.0 Å². The van der Waals surface area contributed by atoms with E-state index in [1.54, 1.807) is 0 Å². The molecule has 1 nitrogen and oxygen atoms in total. The van der Waals surface area contributed by atoms with Crippen LogP contribution >= 0.6 is 15.9 Å². The van der Waals surface area contributed by atoms with Crippen molar-refractivity contribution < 1.29 is 4.74 Å². The molecule has 0 saturated heterocycles. The van der Waals surface area contributed by atoms with E-state index in [4.69, 9.17) is 4.74 Å². The molecule has 4 aliphatic carbocycles. The molecule has 2 aromatic carbocycles. The number of rotatable bonds is 4. The zero-order chi connectivity index (χ0) is 16.9. The minimum atomic E-state index is 0.366. The van der Waals surface area contributed by atoms with Crippen LogP contribution < -0.4 is 4.74 Å². The van der Waals surface area contributed by atoms with Gasteiger partial charge in [-0.15, -0.1) is 0 Å². The molecule has 0 amide bonds. The molecule has 2 aromatic rings. The summed E-state index contributed by atoms with van der Waals surface area (Å²) in [4.78, 5) is 0. The Bertz CT molecular complexity index is 732. The molecule has 25 heavy (non-hydrogen) atoms. The topological polar surface area (TPSA) is 9.23 Å². The lowest BCUT2D eigenvalue weighted by molar-refractivity contribution is -0.00650. The molecular weight excluding hydrogens is 372 g/mol. The van der Waals surface area contributed by atoms with Crippen molar-refractivity contribution in [2.24, 2.45) is 17.8 Å². The summed E-state index contributed by atoms with van der Waals surface area (Å²) in [6, 6.07) is 17.2. The first-order valence-electron chi connectivity index (χ1n) is 9.67. The van der Waals surface area contributed by atoms with Gasteiger partial charge in [0.1, 0.15) is 12.4 Å². The Morgan fingerprint density at radius 1 is 0.880 bits per heavy atom. The maximum Gasteiger partial charge on any atom is 0.123 e. The second-order valence-electron chi connectivity index (χ2n) is 8.61. The molecular formula is C23H25BrO. The van der Waals surface area contributed by atoms with E-state index in [0.717, 1.165) is 23.5 Å². The van der Waals surface area contributed by atoms with Gasteiger partial charge >= 0.3 is 0 Å². The molecule has 6 rings (SSSR count). The summed E-state index contributed by atoms with van der Waals surface area (Å²) >= 11 is 3.72. The van der Waals surface area contributed by atoms with Crippen molar-refractivity contribution >= 4 is 15.9 Å². The molecule has 0 aromatic heterocycles. The van der Waals surface area contributed by atoms with Crippen molar-refractivity contribution in [2.75, 3.05) is 0 Å². The van der Waals surface area contributed by atoms with Gasteiger partial charge in [-0.25, -0.2) is 0 Å². The third kappa shape index (κ3) is 2.93. The Balaban J connectivity index is 1.47. The molecule has 4 bridgehead atoms. The molecule has 130 valence electrons. The third-order valence-corrected chi connectivity index (χ3v) is 7.28. The van der Waals surface area contributed by atoms with Crippen LogP contribution in [0.1, 0.15) is 49.7 Å². The monoisotopic (exact) mass is 396 g/mol. The van der Waals surface area contributed by atoms with E-state index < -0.39 is 0 Å². The molecule has 4 aliphatic rings. The fourth-order valence-corrected chi connectivity index (χ4v) is 6.58. The first-order valence-corrected chi connectivity index (χ1v) is 10.5. The predicted molar refractivity (Wildman–Crippen MR) is 105 cm³/mol. The minimum absolute atomic E-state index is 0.366. The van der Waals surface area contributed by atoms with Gasteiger partial charge in [0.2, 0.25) is 0 Å². The Labute approximate surface area is 158 Å². The molecule has 4 saturated carbocycles. The van der Waals surface area contributed by atoms with E-state index in [-0.39, 0.29) is 0 Å². The van der Waals surface area contributed by atoms with Crippen LogP contribution in [0.15, 0.2) is 53.0 Å². The predicted octanol–water partition coefficient (Wildman–Crippen LogP) is 6.50. The van der Waals surface area contributed by atoms with Crippen molar-refractivity contribution in [3.05, 3.63) is 64.1 Å². The number of benzene rings is 2. The summed E-state index contributed by atoms with van der Waals surface area (Å²) in [6.07, 6.45) is 8.56. The number of ether oxygens (including phenoxy) is 1. The van der Waals surface area contributed by atoms with E-state index in [0.29, 0.717) is 12.0 Å². The Morgan fingerprint density at radius 3 is 2.16 bits per heavy atom. The SMILES string of the molecule is Brc1ccc(OCc2ccccc2)c(C23CC4CC(CC(C4)C2)C3)c1. The zero-order valence-corrected chi connectivity index (χ0v) is 16.2. The van der Waals surface area contributed by atoms with Crippen LogP contribution in [0.5, 0.6) is 5.75 Å². The van der Waals surface area contributed by atoms with Gasteiger partial charge in [0.25, 0.3) is 0 Å². The molecule has 4 fully saturated rings. The molecule has 0 atom stereocenters. The van der Waals surface area contributed by atoms with Gasteiger partial charge in [0.15, 0.2) is 0 Å². The Hall–Kier alpha value is -1.28. The summed E-state index contributed by atoms with van der Waals surface area (Å²) in [5.41, 5.74) is 3.07. The Kier molecular flexibility index (Phi) is 3.93. The highest BCUT2D eigenvalue weighted by atomic mass is 79.9. The minimum Gasteiger partial charge on any atom is -0.489 e. The van der Waals surface area contributed by atoms with Crippen LogP contribution in [0.25, 0.3) is 0 Å². The lowest BCUT2D eigenvalue weighted by Gasteiger charge is -2.57. The van der Waals surface area contributed by atoms with Crippen molar-refractivity contribution in [3.63, 3.8) is 0 Å². The highest BCUT2D eigenvalue weighted by Gasteiger charge is 2.52. The third-order valence-electron chi connectivity index (χ3n) is 6.79.